The smallest absolute Gasteiger partial charge is 0.330 e. The van der Waals surface area contributed by atoms with Crippen molar-refractivity contribution in [1.82, 2.24) is 10.0 Å². The van der Waals surface area contributed by atoms with Gasteiger partial charge in [0.2, 0.25) is 0 Å². The van der Waals surface area contributed by atoms with Crippen LogP contribution in [0.5, 0.6) is 0 Å². The van der Waals surface area contributed by atoms with Crippen LogP contribution in [0.1, 0.15) is 37.2 Å². The van der Waals surface area contributed by atoms with E-state index in [1.807, 2.05) is 0 Å². The third-order valence-corrected chi connectivity index (χ3v) is 4.71. The fraction of sp³-hybridized carbons (Fsp3) is 0.556. The SMILES string of the molecule is COC(=O)C1CCCN1N=Cc1ccc(C=NN2CCCC2C(=O)OC)o1. The second-order valence-corrected chi connectivity index (χ2v) is 6.42. The molecule has 9 heteroatoms. The lowest BCUT2D eigenvalue weighted by Crippen LogP contribution is -2.33. The summed E-state index contributed by atoms with van der Waals surface area (Å²) in [5.74, 6) is 0.557. The van der Waals surface area contributed by atoms with Crippen LogP contribution in [0.4, 0.5) is 0 Å². The second kappa shape index (κ2) is 8.70. The summed E-state index contributed by atoms with van der Waals surface area (Å²) in [5, 5.41) is 12.1. The molecule has 146 valence electrons. The zero-order valence-electron chi connectivity index (χ0n) is 15.5. The Morgan fingerprint density at radius 3 is 1.81 bits per heavy atom. The number of furan rings is 1. The Kier molecular flexibility index (Phi) is 6.10. The topological polar surface area (TPSA) is 96.9 Å². The van der Waals surface area contributed by atoms with Crippen molar-refractivity contribution in [3.63, 3.8) is 0 Å². The normalized spacial score (nSPS) is 22.9. The average molecular weight is 376 g/mol. The maximum absolute atomic E-state index is 11.7. The molecule has 2 saturated heterocycles. The van der Waals surface area contributed by atoms with E-state index in [2.05, 4.69) is 10.2 Å². The molecule has 0 radical (unpaired) electrons. The lowest BCUT2D eigenvalue weighted by Gasteiger charge is -2.18. The summed E-state index contributed by atoms with van der Waals surface area (Å²) in [7, 11) is 2.76. The predicted octanol–water partition coefficient (Wildman–Crippen LogP) is 1.22. The highest BCUT2D eigenvalue weighted by Gasteiger charge is 2.31. The van der Waals surface area contributed by atoms with Gasteiger partial charge in [-0.05, 0) is 37.8 Å². The van der Waals surface area contributed by atoms with Gasteiger partial charge in [-0.2, -0.15) is 10.2 Å². The summed E-state index contributed by atoms with van der Waals surface area (Å²) in [6.07, 6.45) is 6.40. The van der Waals surface area contributed by atoms with E-state index in [1.165, 1.54) is 14.2 Å². The van der Waals surface area contributed by atoms with E-state index in [9.17, 15) is 9.59 Å². The van der Waals surface area contributed by atoms with Crippen LogP contribution in [-0.4, -0.2) is 73.8 Å². The Balaban J connectivity index is 1.60. The van der Waals surface area contributed by atoms with Crippen molar-refractivity contribution < 1.29 is 23.5 Å². The number of hydrogen-bond donors (Lipinski definition) is 0. The number of ether oxygens (including phenoxy) is 2. The van der Waals surface area contributed by atoms with Crippen molar-refractivity contribution in [3.8, 4) is 0 Å². The number of carbonyl (C=O) groups excluding carboxylic acids is 2. The summed E-state index contributed by atoms with van der Waals surface area (Å²) in [6.45, 7) is 1.41. The van der Waals surface area contributed by atoms with E-state index in [1.54, 1.807) is 34.6 Å². The van der Waals surface area contributed by atoms with Crippen LogP contribution in [0, 0.1) is 0 Å². The van der Waals surface area contributed by atoms with Crippen molar-refractivity contribution in [1.29, 1.82) is 0 Å². The first-order valence-electron chi connectivity index (χ1n) is 8.99. The van der Waals surface area contributed by atoms with Crippen molar-refractivity contribution in [2.45, 2.75) is 37.8 Å². The van der Waals surface area contributed by atoms with Crippen molar-refractivity contribution >= 4 is 24.4 Å². The van der Waals surface area contributed by atoms with Gasteiger partial charge in [0, 0.05) is 13.1 Å². The Labute approximate surface area is 157 Å². The van der Waals surface area contributed by atoms with E-state index in [0.29, 0.717) is 24.6 Å². The number of methoxy groups -OCH3 is 2. The lowest BCUT2D eigenvalue weighted by atomic mass is 10.2. The minimum Gasteiger partial charge on any atom is -0.467 e. The van der Waals surface area contributed by atoms with Gasteiger partial charge in [-0.3, -0.25) is 10.0 Å². The highest BCUT2D eigenvalue weighted by molar-refractivity contribution is 5.81. The zero-order valence-corrected chi connectivity index (χ0v) is 15.5. The lowest BCUT2D eigenvalue weighted by molar-refractivity contribution is -0.146. The molecule has 1 aromatic rings. The van der Waals surface area contributed by atoms with Crippen LogP contribution in [0.3, 0.4) is 0 Å². The molecule has 2 fully saturated rings. The Morgan fingerprint density at radius 1 is 0.963 bits per heavy atom. The van der Waals surface area contributed by atoms with Crippen LogP contribution >= 0.6 is 0 Å². The summed E-state index contributed by atoms with van der Waals surface area (Å²) >= 11 is 0. The number of carbonyl (C=O) groups is 2. The van der Waals surface area contributed by atoms with Crippen molar-refractivity contribution in [2.24, 2.45) is 10.2 Å². The highest BCUT2D eigenvalue weighted by atomic mass is 16.5. The molecule has 2 aliphatic heterocycles. The summed E-state index contributed by atoms with van der Waals surface area (Å²) in [6, 6.07) is 2.87. The van der Waals surface area contributed by atoms with Crippen LogP contribution in [0.15, 0.2) is 26.8 Å². The highest BCUT2D eigenvalue weighted by Crippen LogP contribution is 2.20. The molecule has 2 unspecified atom stereocenters. The Hall–Kier alpha value is -2.84. The molecule has 0 bridgehead atoms. The van der Waals surface area contributed by atoms with E-state index < -0.39 is 0 Å². The van der Waals surface area contributed by atoms with Gasteiger partial charge < -0.3 is 13.9 Å². The van der Waals surface area contributed by atoms with Crippen LogP contribution < -0.4 is 0 Å². The summed E-state index contributed by atoms with van der Waals surface area (Å²) in [5.41, 5.74) is 0. The van der Waals surface area contributed by atoms with E-state index in [0.717, 1.165) is 25.7 Å². The second-order valence-electron chi connectivity index (χ2n) is 6.42. The molecule has 2 atom stereocenters. The first-order chi connectivity index (χ1) is 13.1. The number of rotatable bonds is 6. The average Bonchev–Trinajstić information content (AvgIpc) is 3.43. The van der Waals surface area contributed by atoms with Gasteiger partial charge in [0.05, 0.1) is 26.6 Å². The van der Waals surface area contributed by atoms with Gasteiger partial charge in [0.1, 0.15) is 23.6 Å². The number of hydrazone groups is 2. The molecule has 0 aromatic carbocycles. The maximum Gasteiger partial charge on any atom is 0.330 e. The van der Waals surface area contributed by atoms with Gasteiger partial charge in [0.15, 0.2) is 0 Å². The van der Waals surface area contributed by atoms with E-state index >= 15 is 0 Å². The Morgan fingerprint density at radius 2 is 1.41 bits per heavy atom. The van der Waals surface area contributed by atoms with E-state index in [-0.39, 0.29) is 24.0 Å². The summed E-state index contributed by atoms with van der Waals surface area (Å²) in [4.78, 5) is 23.5. The number of hydrogen-bond acceptors (Lipinski definition) is 9. The standard InChI is InChI=1S/C18H24N4O5/c1-25-17(23)15-5-3-9-21(15)19-11-13-7-8-14(27-13)12-20-22-10-4-6-16(22)18(24)26-2/h7-8,11-12,15-16H,3-6,9-10H2,1-2H3. The largest absolute Gasteiger partial charge is 0.467 e. The quantitative estimate of drug-likeness (QED) is 0.544. The molecular formula is C18H24N4O5. The van der Waals surface area contributed by atoms with Crippen LogP contribution in [0.2, 0.25) is 0 Å². The molecule has 0 spiro atoms. The fourth-order valence-electron chi connectivity index (χ4n) is 3.30. The monoisotopic (exact) mass is 376 g/mol. The van der Waals surface area contributed by atoms with Gasteiger partial charge in [-0.25, -0.2) is 9.59 Å². The summed E-state index contributed by atoms with van der Waals surface area (Å²) < 4.78 is 15.3. The molecule has 27 heavy (non-hydrogen) atoms. The van der Waals surface area contributed by atoms with Crippen molar-refractivity contribution in [3.05, 3.63) is 23.7 Å². The van der Waals surface area contributed by atoms with Gasteiger partial charge in [-0.15, -0.1) is 0 Å². The maximum atomic E-state index is 11.7. The van der Waals surface area contributed by atoms with E-state index in [4.69, 9.17) is 13.9 Å². The molecular weight excluding hydrogens is 352 g/mol. The van der Waals surface area contributed by atoms with Crippen molar-refractivity contribution in [2.75, 3.05) is 27.3 Å². The number of esters is 2. The molecule has 0 saturated carbocycles. The van der Waals surface area contributed by atoms with Gasteiger partial charge in [0.25, 0.3) is 0 Å². The first-order valence-corrected chi connectivity index (χ1v) is 8.99. The minimum absolute atomic E-state index is 0.275. The third kappa shape index (κ3) is 4.47. The molecule has 0 amide bonds. The van der Waals surface area contributed by atoms with Gasteiger partial charge >= 0.3 is 11.9 Å². The molecule has 1 aromatic heterocycles. The van der Waals surface area contributed by atoms with Crippen LogP contribution in [0.25, 0.3) is 0 Å². The first kappa shape index (κ1) is 18.9. The number of nitrogens with zero attached hydrogens (tertiary/aromatic N) is 4. The van der Waals surface area contributed by atoms with Crippen LogP contribution in [-0.2, 0) is 19.1 Å². The predicted molar refractivity (Wildman–Crippen MR) is 97.4 cm³/mol. The minimum atomic E-state index is -0.340. The molecule has 9 nitrogen and oxygen atoms in total. The molecule has 0 aliphatic carbocycles. The third-order valence-electron chi connectivity index (χ3n) is 4.71. The van der Waals surface area contributed by atoms with Gasteiger partial charge in [-0.1, -0.05) is 0 Å². The molecule has 3 rings (SSSR count). The molecule has 3 heterocycles. The zero-order chi connectivity index (χ0) is 19.2. The Bertz CT molecular complexity index is 671. The molecule has 0 N–H and O–H groups in total. The fourth-order valence-corrected chi connectivity index (χ4v) is 3.30. The molecule has 2 aliphatic rings.